The van der Waals surface area contributed by atoms with E-state index in [9.17, 15) is 4.79 Å². The van der Waals surface area contributed by atoms with Gasteiger partial charge in [0.2, 0.25) is 5.70 Å². The monoisotopic (exact) mass is 267 g/mol. The summed E-state index contributed by atoms with van der Waals surface area (Å²) in [6.45, 7) is 13.2. The highest BCUT2D eigenvalue weighted by Gasteiger charge is 2.48. The Morgan fingerprint density at radius 2 is 2.25 bits per heavy atom. The van der Waals surface area contributed by atoms with Crippen LogP contribution in [0.3, 0.4) is 0 Å². The summed E-state index contributed by atoms with van der Waals surface area (Å²) in [6.07, 6.45) is 5.60. The highest BCUT2D eigenvalue weighted by molar-refractivity contribution is 6.00. The van der Waals surface area contributed by atoms with Crippen LogP contribution in [0.1, 0.15) is 37.4 Å². The first-order valence-electron chi connectivity index (χ1n) is 6.95. The summed E-state index contributed by atoms with van der Waals surface area (Å²) in [6, 6.07) is 0. The SMILES string of the molecule is [C-]#[N+]C1=C[C@]2(C)c3nc(C)ncc3CC[C@H]2[C@H](C)C1=O. The molecule has 0 fully saturated rings. The molecule has 3 atom stereocenters. The second kappa shape index (κ2) is 4.24. The zero-order valence-electron chi connectivity index (χ0n) is 12.0. The van der Waals surface area contributed by atoms with E-state index in [0.717, 1.165) is 29.9 Å². The number of aromatic nitrogens is 2. The topological polar surface area (TPSA) is 47.2 Å². The number of rotatable bonds is 0. The molecule has 20 heavy (non-hydrogen) atoms. The lowest BCUT2D eigenvalue weighted by Gasteiger charge is -2.45. The number of hydrogen-bond acceptors (Lipinski definition) is 3. The molecule has 4 nitrogen and oxygen atoms in total. The van der Waals surface area contributed by atoms with Crippen LogP contribution in [0.4, 0.5) is 0 Å². The van der Waals surface area contributed by atoms with Crippen LogP contribution in [0.5, 0.6) is 0 Å². The van der Waals surface area contributed by atoms with E-state index in [1.54, 1.807) is 0 Å². The van der Waals surface area contributed by atoms with Crippen molar-refractivity contribution in [1.82, 2.24) is 9.97 Å². The Bertz CT molecular complexity index is 671. The van der Waals surface area contributed by atoms with E-state index in [-0.39, 0.29) is 28.7 Å². The first-order chi connectivity index (χ1) is 9.47. The molecule has 0 aromatic carbocycles. The molecule has 0 spiro atoms. The predicted molar refractivity (Wildman–Crippen MR) is 74.8 cm³/mol. The normalized spacial score (nSPS) is 31.9. The van der Waals surface area contributed by atoms with E-state index in [4.69, 9.17) is 6.57 Å². The molecular weight excluding hydrogens is 250 g/mol. The maximum atomic E-state index is 12.2. The van der Waals surface area contributed by atoms with Crippen molar-refractivity contribution in [1.29, 1.82) is 0 Å². The minimum Gasteiger partial charge on any atom is -0.308 e. The molecule has 0 radical (unpaired) electrons. The van der Waals surface area contributed by atoms with Gasteiger partial charge in [-0.2, -0.15) is 0 Å². The van der Waals surface area contributed by atoms with Crippen molar-refractivity contribution in [3.8, 4) is 0 Å². The van der Waals surface area contributed by atoms with Gasteiger partial charge in [-0.3, -0.25) is 0 Å². The Labute approximate surface area is 118 Å². The zero-order chi connectivity index (χ0) is 14.5. The molecule has 0 aliphatic heterocycles. The molecular formula is C16H17N3O. The van der Waals surface area contributed by atoms with Crippen molar-refractivity contribution < 1.29 is 4.79 Å². The molecule has 0 amide bonds. The smallest absolute Gasteiger partial charge is 0.226 e. The summed E-state index contributed by atoms with van der Waals surface area (Å²) in [4.78, 5) is 24.5. The number of carbonyl (C=O) groups is 1. The first kappa shape index (κ1) is 13.0. The Morgan fingerprint density at radius 3 is 2.95 bits per heavy atom. The summed E-state index contributed by atoms with van der Waals surface area (Å²) < 4.78 is 0. The molecule has 0 saturated heterocycles. The van der Waals surface area contributed by atoms with Gasteiger partial charge < -0.3 is 4.79 Å². The van der Waals surface area contributed by atoms with E-state index in [1.165, 1.54) is 0 Å². The number of allylic oxidation sites excluding steroid dienone is 2. The Morgan fingerprint density at radius 1 is 1.50 bits per heavy atom. The Hall–Kier alpha value is -2.02. The van der Waals surface area contributed by atoms with Gasteiger partial charge in [-0.15, -0.1) is 0 Å². The third-order valence-corrected chi connectivity index (χ3v) is 4.82. The molecule has 0 saturated carbocycles. The van der Waals surface area contributed by atoms with E-state index < -0.39 is 0 Å². The molecule has 0 unspecified atom stereocenters. The predicted octanol–water partition coefficient (Wildman–Crippen LogP) is 2.63. The number of Topliss-reactive ketones (excluding diaryl/α,β-unsaturated/α-hetero) is 1. The Balaban J connectivity index is 2.25. The molecule has 1 heterocycles. The van der Waals surface area contributed by atoms with Crippen LogP contribution >= 0.6 is 0 Å². The summed E-state index contributed by atoms with van der Waals surface area (Å²) in [5, 5.41) is 0. The quantitative estimate of drug-likeness (QED) is 0.679. The van der Waals surface area contributed by atoms with Crippen LogP contribution in [0.15, 0.2) is 18.0 Å². The van der Waals surface area contributed by atoms with Gasteiger partial charge in [0.25, 0.3) is 0 Å². The van der Waals surface area contributed by atoms with Crippen LogP contribution in [-0.4, -0.2) is 15.8 Å². The zero-order valence-corrected chi connectivity index (χ0v) is 12.0. The van der Waals surface area contributed by atoms with Crippen molar-refractivity contribution in [3.05, 3.63) is 46.5 Å². The van der Waals surface area contributed by atoms with Gasteiger partial charge in [0.15, 0.2) is 5.78 Å². The van der Waals surface area contributed by atoms with Gasteiger partial charge >= 0.3 is 0 Å². The molecule has 0 bridgehead atoms. The fourth-order valence-electron chi connectivity index (χ4n) is 3.73. The minimum atomic E-state index is -0.325. The van der Waals surface area contributed by atoms with Crippen molar-refractivity contribution in [2.75, 3.05) is 0 Å². The maximum absolute atomic E-state index is 12.2. The summed E-state index contributed by atoms with van der Waals surface area (Å²) in [5.74, 6) is 0.837. The van der Waals surface area contributed by atoms with Crippen LogP contribution < -0.4 is 0 Å². The fraction of sp³-hybridized carbons (Fsp3) is 0.500. The molecule has 102 valence electrons. The number of nitrogens with zero attached hydrogens (tertiary/aromatic N) is 3. The summed E-state index contributed by atoms with van der Waals surface area (Å²) in [5.41, 5.74) is 2.09. The van der Waals surface area contributed by atoms with Crippen LogP contribution in [0, 0.1) is 25.3 Å². The van der Waals surface area contributed by atoms with Crippen LogP contribution in [0.2, 0.25) is 0 Å². The van der Waals surface area contributed by atoms with Gasteiger partial charge in [-0.1, -0.05) is 19.9 Å². The van der Waals surface area contributed by atoms with Gasteiger partial charge in [0, 0.05) is 17.5 Å². The van der Waals surface area contributed by atoms with Crippen LogP contribution in [0.25, 0.3) is 4.85 Å². The van der Waals surface area contributed by atoms with Gasteiger partial charge in [0.05, 0.1) is 12.3 Å². The summed E-state index contributed by atoms with van der Waals surface area (Å²) in [7, 11) is 0. The highest BCUT2D eigenvalue weighted by atomic mass is 16.1. The van der Waals surface area contributed by atoms with E-state index in [1.807, 2.05) is 26.1 Å². The number of carbonyl (C=O) groups excluding carboxylic acids is 1. The molecule has 1 aromatic heterocycles. The standard InChI is InChI=1S/C16H17N3O/c1-9-12-6-5-11-8-18-10(2)19-15(11)16(12,3)7-13(17-4)14(9)20/h7-9,12H,5-6H2,1-3H3/t9-,12-,16-/m0/s1. The minimum absolute atomic E-state index is 0.0169. The van der Waals surface area contributed by atoms with Gasteiger partial charge in [-0.05, 0) is 31.2 Å². The second-order valence-electron chi connectivity index (χ2n) is 6.01. The van der Waals surface area contributed by atoms with Crippen molar-refractivity contribution >= 4 is 5.78 Å². The number of fused-ring (bicyclic) bond motifs is 3. The Kier molecular flexibility index (Phi) is 2.75. The third-order valence-electron chi connectivity index (χ3n) is 4.82. The molecule has 2 aliphatic rings. The van der Waals surface area contributed by atoms with Gasteiger partial charge in [0.1, 0.15) is 5.82 Å². The maximum Gasteiger partial charge on any atom is 0.226 e. The van der Waals surface area contributed by atoms with E-state index in [0.29, 0.717) is 0 Å². The summed E-state index contributed by atoms with van der Waals surface area (Å²) >= 11 is 0. The van der Waals surface area contributed by atoms with E-state index in [2.05, 4.69) is 21.7 Å². The highest BCUT2D eigenvalue weighted by Crippen LogP contribution is 2.49. The number of ketones is 1. The van der Waals surface area contributed by atoms with Crippen LogP contribution in [-0.2, 0) is 16.6 Å². The lowest BCUT2D eigenvalue weighted by molar-refractivity contribution is -0.121. The van der Waals surface area contributed by atoms with E-state index >= 15 is 0 Å². The third kappa shape index (κ3) is 1.62. The van der Waals surface area contributed by atoms with Gasteiger partial charge in [-0.25, -0.2) is 14.8 Å². The lowest BCUT2D eigenvalue weighted by Crippen LogP contribution is -2.45. The average Bonchev–Trinajstić information content (AvgIpc) is 2.43. The first-order valence-corrected chi connectivity index (χ1v) is 6.95. The van der Waals surface area contributed by atoms with Crippen molar-refractivity contribution in [2.45, 2.75) is 39.0 Å². The molecule has 2 aliphatic carbocycles. The molecule has 3 rings (SSSR count). The largest absolute Gasteiger partial charge is 0.308 e. The fourth-order valence-corrected chi connectivity index (χ4v) is 3.73. The molecule has 0 N–H and O–H groups in total. The number of hydrogen-bond donors (Lipinski definition) is 0. The molecule has 1 aromatic rings. The van der Waals surface area contributed by atoms with Crippen molar-refractivity contribution in [2.24, 2.45) is 11.8 Å². The van der Waals surface area contributed by atoms with Crippen molar-refractivity contribution in [3.63, 3.8) is 0 Å². The average molecular weight is 267 g/mol. The second-order valence-corrected chi connectivity index (χ2v) is 6.01. The molecule has 4 heteroatoms. The number of aryl methyl sites for hydroxylation is 2. The lowest BCUT2D eigenvalue weighted by atomic mass is 9.58.